The van der Waals surface area contributed by atoms with Gasteiger partial charge in [-0.3, -0.25) is 9.59 Å². The molecule has 0 unspecified atom stereocenters. The Bertz CT molecular complexity index is 435. The molecule has 1 aromatic rings. The maximum absolute atomic E-state index is 11.9. The number of aromatic nitrogens is 2. The largest absolute Gasteiger partial charge is 0.462 e. The van der Waals surface area contributed by atoms with Crippen molar-refractivity contribution in [2.24, 2.45) is 11.8 Å². The zero-order valence-corrected chi connectivity index (χ0v) is 11.1. The number of cyclic esters (lactones) is 1. The number of esters is 1. The minimum Gasteiger partial charge on any atom is -0.462 e. The predicted octanol–water partition coefficient (Wildman–Crippen LogP) is 1.45. The smallest absolute Gasteiger partial charge is 0.309 e. The van der Waals surface area contributed by atoms with Crippen molar-refractivity contribution in [1.29, 1.82) is 0 Å². The van der Waals surface area contributed by atoms with Gasteiger partial charge in [0.25, 0.3) is 0 Å². The predicted molar refractivity (Wildman–Crippen MR) is 66.0 cm³/mol. The van der Waals surface area contributed by atoms with Crippen molar-refractivity contribution in [2.45, 2.75) is 32.8 Å². The van der Waals surface area contributed by atoms with Crippen LogP contribution < -0.4 is 5.32 Å². The zero-order chi connectivity index (χ0) is 13.1. The summed E-state index contributed by atoms with van der Waals surface area (Å²) in [4.78, 5) is 23.3. The fraction of sp³-hybridized carbons (Fsp3) is 0.636. The number of nitrogens with one attached hydrogen (secondary N) is 1. The molecule has 1 saturated heterocycles. The molecule has 0 bridgehead atoms. The van der Waals surface area contributed by atoms with Crippen molar-refractivity contribution in [1.82, 2.24) is 10.2 Å². The van der Waals surface area contributed by atoms with Gasteiger partial charge in [0, 0.05) is 5.92 Å². The normalized spacial score (nSPS) is 24.7. The lowest BCUT2D eigenvalue weighted by Gasteiger charge is -2.12. The van der Waals surface area contributed by atoms with E-state index in [1.807, 2.05) is 6.92 Å². The summed E-state index contributed by atoms with van der Waals surface area (Å²) < 4.78 is 5.07. The van der Waals surface area contributed by atoms with E-state index in [0.29, 0.717) is 18.0 Å². The molecule has 0 aromatic carbocycles. The Kier molecular flexibility index (Phi) is 3.90. The van der Waals surface area contributed by atoms with E-state index in [-0.39, 0.29) is 29.8 Å². The highest BCUT2D eigenvalue weighted by molar-refractivity contribution is 7.13. The van der Waals surface area contributed by atoms with Crippen LogP contribution in [-0.2, 0) is 14.3 Å². The summed E-state index contributed by atoms with van der Waals surface area (Å²) in [5.74, 6) is -0.760. The van der Waals surface area contributed by atoms with Crippen LogP contribution >= 0.6 is 11.3 Å². The lowest BCUT2D eigenvalue weighted by molar-refractivity contribution is -0.144. The third-order valence-corrected chi connectivity index (χ3v) is 3.55. The molecule has 0 saturated carbocycles. The van der Waals surface area contributed by atoms with Crippen molar-refractivity contribution in [3.8, 4) is 0 Å². The Hall–Kier alpha value is -1.50. The number of carbonyl (C=O) groups excluding carboxylic acids is 2. The van der Waals surface area contributed by atoms with Gasteiger partial charge in [-0.15, -0.1) is 10.2 Å². The summed E-state index contributed by atoms with van der Waals surface area (Å²) >= 11 is 1.27. The van der Waals surface area contributed by atoms with Crippen LogP contribution in [0.25, 0.3) is 0 Å². The Morgan fingerprint density at radius 1 is 1.72 bits per heavy atom. The summed E-state index contributed by atoms with van der Waals surface area (Å²) in [7, 11) is 0. The van der Waals surface area contributed by atoms with Crippen LogP contribution in [0, 0.1) is 11.8 Å². The molecule has 7 heteroatoms. The van der Waals surface area contributed by atoms with Gasteiger partial charge in [-0.05, 0) is 19.8 Å². The van der Waals surface area contributed by atoms with Crippen molar-refractivity contribution >= 4 is 28.3 Å². The van der Waals surface area contributed by atoms with Gasteiger partial charge in [-0.1, -0.05) is 18.3 Å². The summed E-state index contributed by atoms with van der Waals surface area (Å²) in [6.07, 6.45) is 1.16. The highest BCUT2D eigenvalue weighted by Gasteiger charge is 2.34. The van der Waals surface area contributed by atoms with Crippen molar-refractivity contribution in [3.05, 3.63) is 5.51 Å². The van der Waals surface area contributed by atoms with E-state index in [9.17, 15) is 9.59 Å². The molecule has 1 aliphatic heterocycles. The molecule has 1 aliphatic rings. The minimum atomic E-state index is -0.253. The van der Waals surface area contributed by atoms with E-state index in [2.05, 4.69) is 15.5 Å². The number of hydrogen-bond acceptors (Lipinski definition) is 6. The van der Waals surface area contributed by atoms with Gasteiger partial charge in [0.2, 0.25) is 11.0 Å². The molecule has 98 valence electrons. The molecule has 2 rings (SSSR count). The molecule has 1 amide bonds. The Morgan fingerprint density at radius 2 is 2.50 bits per heavy atom. The van der Waals surface area contributed by atoms with Gasteiger partial charge < -0.3 is 10.1 Å². The van der Waals surface area contributed by atoms with Crippen LogP contribution in [0.3, 0.4) is 0 Å². The molecule has 2 heterocycles. The molecule has 1 aromatic heterocycles. The van der Waals surface area contributed by atoms with Gasteiger partial charge in [-0.2, -0.15) is 0 Å². The molecule has 6 nitrogen and oxygen atoms in total. The third-order valence-electron chi connectivity index (χ3n) is 2.94. The molecular weight excluding hydrogens is 254 g/mol. The standard InChI is InChI=1S/C11H15N3O3S/c1-6(3-8-4-7(2)17-10(8)16)9(15)13-11-14-12-5-18-11/h5-8H,3-4H2,1-2H3,(H,13,14,15)/t6-,7-,8-/m0/s1. The third kappa shape index (κ3) is 3.04. The zero-order valence-electron chi connectivity index (χ0n) is 10.3. The summed E-state index contributed by atoms with van der Waals surface area (Å²) in [5, 5.41) is 10.5. The second-order valence-electron chi connectivity index (χ2n) is 4.55. The molecule has 0 spiro atoms. The lowest BCUT2D eigenvalue weighted by Crippen LogP contribution is -2.24. The molecule has 0 aliphatic carbocycles. The maximum atomic E-state index is 11.9. The highest BCUT2D eigenvalue weighted by atomic mass is 32.1. The number of anilines is 1. The number of ether oxygens (including phenoxy) is 1. The van der Waals surface area contributed by atoms with Crippen molar-refractivity contribution < 1.29 is 14.3 Å². The fourth-order valence-corrected chi connectivity index (χ4v) is 2.47. The first-order valence-electron chi connectivity index (χ1n) is 5.83. The van der Waals surface area contributed by atoms with Crippen LogP contribution in [0.2, 0.25) is 0 Å². The first-order chi connectivity index (χ1) is 8.56. The average molecular weight is 269 g/mol. The van der Waals surface area contributed by atoms with E-state index in [1.54, 1.807) is 12.4 Å². The molecule has 18 heavy (non-hydrogen) atoms. The van der Waals surface area contributed by atoms with Crippen molar-refractivity contribution in [3.63, 3.8) is 0 Å². The van der Waals surface area contributed by atoms with Crippen molar-refractivity contribution in [2.75, 3.05) is 5.32 Å². The first-order valence-corrected chi connectivity index (χ1v) is 6.71. The molecule has 1 N–H and O–H groups in total. The Labute approximate surface area is 109 Å². The van der Waals surface area contributed by atoms with Crippen LogP contribution in [0.5, 0.6) is 0 Å². The minimum absolute atomic E-state index is 0.0408. The van der Waals surface area contributed by atoms with E-state index in [0.717, 1.165) is 0 Å². The van der Waals surface area contributed by atoms with E-state index in [4.69, 9.17) is 4.74 Å². The average Bonchev–Trinajstić information content (AvgIpc) is 2.89. The molecule has 0 radical (unpaired) electrons. The molecule has 1 fully saturated rings. The van der Waals surface area contributed by atoms with E-state index < -0.39 is 0 Å². The Morgan fingerprint density at radius 3 is 3.06 bits per heavy atom. The quantitative estimate of drug-likeness (QED) is 0.837. The maximum Gasteiger partial charge on any atom is 0.309 e. The summed E-state index contributed by atoms with van der Waals surface area (Å²) in [5.41, 5.74) is 1.55. The van der Waals surface area contributed by atoms with Crippen LogP contribution in [-0.4, -0.2) is 28.2 Å². The number of carbonyl (C=O) groups is 2. The number of rotatable bonds is 4. The topological polar surface area (TPSA) is 81.2 Å². The van der Waals surface area contributed by atoms with Gasteiger partial charge in [-0.25, -0.2) is 0 Å². The van der Waals surface area contributed by atoms with Crippen LogP contribution in [0.1, 0.15) is 26.7 Å². The Balaban J connectivity index is 1.86. The SMILES string of the molecule is C[C@H]1C[C@H](C[C@H](C)C(=O)Nc2nncs2)C(=O)O1. The number of nitrogens with zero attached hydrogens (tertiary/aromatic N) is 2. The fourth-order valence-electron chi connectivity index (χ4n) is 2.02. The monoisotopic (exact) mass is 269 g/mol. The van der Waals surface area contributed by atoms with Gasteiger partial charge in [0.15, 0.2) is 0 Å². The summed E-state index contributed by atoms with van der Waals surface area (Å²) in [6, 6.07) is 0. The second kappa shape index (κ2) is 5.43. The number of amides is 1. The van der Waals surface area contributed by atoms with Gasteiger partial charge in [0.1, 0.15) is 5.51 Å². The van der Waals surface area contributed by atoms with Crippen LogP contribution in [0.15, 0.2) is 5.51 Å². The van der Waals surface area contributed by atoms with Crippen LogP contribution in [0.4, 0.5) is 5.13 Å². The molecular formula is C11H15N3O3S. The summed E-state index contributed by atoms with van der Waals surface area (Å²) in [6.45, 7) is 3.66. The lowest BCUT2D eigenvalue weighted by atomic mass is 9.93. The number of hydrogen-bond donors (Lipinski definition) is 1. The van der Waals surface area contributed by atoms with E-state index >= 15 is 0 Å². The molecule has 3 atom stereocenters. The van der Waals surface area contributed by atoms with Gasteiger partial charge >= 0.3 is 5.97 Å². The van der Waals surface area contributed by atoms with Gasteiger partial charge in [0.05, 0.1) is 12.0 Å². The highest BCUT2D eigenvalue weighted by Crippen LogP contribution is 2.27. The first kappa shape index (κ1) is 12.9. The van der Waals surface area contributed by atoms with E-state index in [1.165, 1.54) is 11.3 Å². The second-order valence-corrected chi connectivity index (χ2v) is 5.38.